The quantitative estimate of drug-likeness (QED) is 0.490. The molecular formula is C28H34N2O5. The molecule has 0 aromatic heterocycles. The fourth-order valence-electron chi connectivity index (χ4n) is 5.37. The van der Waals surface area contributed by atoms with E-state index >= 15 is 0 Å². The molecule has 7 heteroatoms. The zero-order valence-corrected chi connectivity index (χ0v) is 20.4. The summed E-state index contributed by atoms with van der Waals surface area (Å²) in [6.07, 6.45) is 2.10. The molecule has 2 aliphatic carbocycles. The third-order valence-corrected chi connectivity index (χ3v) is 7.23. The van der Waals surface area contributed by atoms with Crippen LogP contribution in [0, 0.1) is 17.3 Å². The van der Waals surface area contributed by atoms with Gasteiger partial charge in [0.05, 0.1) is 5.92 Å². The standard InChI is InChI=1S/C28H34N2O5/c1-28(2,14-25(31)29-15-18-8-7-13-19(18)26(32)33)17-30-27(34)35-16-24-22-11-5-3-9-20(22)21-10-4-6-12-23(21)24/h3-6,9-12,18-19,24H,7-8,13-17H2,1-2H3,(H,29,31)(H,30,34)(H,32,33). The number of alkyl carbamates (subject to hydrolysis) is 1. The van der Waals surface area contributed by atoms with Crippen molar-refractivity contribution >= 4 is 18.0 Å². The first-order chi connectivity index (χ1) is 16.7. The molecule has 0 saturated heterocycles. The number of carboxylic acids is 1. The van der Waals surface area contributed by atoms with Gasteiger partial charge < -0.3 is 20.5 Å². The van der Waals surface area contributed by atoms with Gasteiger partial charge in [0.25, 0.3) is 0 Å². The Balaban J connectivity index is 1.23. The molecule has 186 valence electrons. The summed E-state index contributed by atoms with van der Waals surface area (Å²) in [6.45, 7) is 4.73. The minimum Gasteiger partial charge on any atom is -0.481 e. The van der Waals surface area contributed by atoms with Gasteiger partial charge in [-0.3, -0.25) is 9.59 Å². The highest BCUT2D eigenvalue weighted by molar-refractivity contribution is 5.79. The number of rotatable bonds is 9. The third-order valence-electron chi connectivity index (χ3n) is 7.23. The van der Waals surface area contributed by atoms with E-state index < -0.39 is 17.5 Å². The molecule has 35 heavy (non-hydrogen) atoms. The SMILES string of the molecule is CC(C)(CNC(=O)OCC1c2ccccc2-c2ccccc21)CC(=O)NCC1CCCC1C(=O)O. The summed E-state index contributed by atoms with van der Waals surface area (Å²) in [6, 6.07) is 16.4. The number of benzene rings is 2. The topological polar surface area (TPSA) is 105 Å². The predicted molar refractivity (Wildman–Crippen MR) is 133 cm³/mol. The summed E-state index contributed by atoms with van der Waals surface area (Å²) in [5.41, 5.74) is 4.20. The fraction of sp³-hybridized carbons (Fsp3) is 0.464. The van der Waals surface area contributed by atoms with Crippen LogP contribution < -0.4 is 10.6 Å². The number of fused-ring (bicyclic) bond motifs is 3. The second-order valence-electron chi connectivity index (χ2n) is 10.5. The van der Waals surface area contributed by atoms with E-state index in [2.05, 4.69) is 34.9 Å². The molecule has 0 aliphatic heterocycles. The van der Waals surface area contributed by atoms with Crippen LogP contribution in [0.25, 0.3) is 11.1 Å². The summed E-state index contributed by atoms with van der Waals surface area (Å²) in [4.78, 5) is 36.3. The van der Waals surface area contributed by atoms with Crippen molar-refractivity contribution < 1.29 is 24.2 Å². The van der Waals surface area contributed by atoms with Crippen LogP contribution in [0.5, 0.6) is 0 Å². The predicted octanol–water partition coefficient (Wildman–Crippen LogP) is 4.56. The second-order valence-corrected chi connectivity index (χ2v) is 10.5. The number of carbonyl (C=O) groups is 3. The molecule has 7 nitrogen and oxygen atoms in total. The summed E-state index contributed by atoms with van der Waals surface area (Å²) in [5.74, 6) is -1.32. The molecule has 0 radical (unpaired) electrons. The van der Waals surface area contributed by atoms with Gasteiger partial charge in [0.1, 0.15) is 6.61 Å². The van der Waals surface area contributed by atoms with Crippen molar-refractivity contribution in [1.29, 1.82) is 0 Å². The van der Waals surface area contributed by atoms with Crippen LogP contribution in [0.4, 0.5) is 4.79 Å². The van der Waals surface area contributed by atoms with Crippen LogP contribution in [-0.4, -0.2) is 42.8 Å². The maximum Gasteiger partial charge on any atom is 0.407 e. The highest BCUT2D eigenvalue weighted by atomic mass is 16.5. The normalized spacial score (nSPS) is 19.0. The van der Waals surface area contributed by atoms with Gasteiger partial charge in [-0.2, -0.15) is 0 Å². The van der Waals surface area contributed by atoms with E-state index in [0.717, 1.165) is 24.0 Å². The molecule has 2 amide bonds. The van der Waals surface area contributed by atoms with Crippen molar-refractivity contribution in [2.45, 2.75) is 45.4 Å². The van der Waals surface area contributed by atoms with Crippen LogP contribution in [0.2, 0.25) is 0 Å². The lowest BCUT2D eigenvalue weighted by atomic mass is 9.88. The van der Waals surface area contributed by atoms with Gasteiger partial charge >= 0.3 is 12.1 Å². The Kier molecular flexibility index (Phi) is 7.43. The number of carbonyl (C=O) groups excluding carboxylic acids is 2. The first-order valence-corrected chi connectivity index (χ1v) is 12.3. The lowest BCUT2D eigenvalue weighted by Crippen LogP contribution is -2.40. The minimum absolute atomic E-state index is 0.00264. The van der Waals surface area contributed by atoms with E-state index in [0.29, 0.717) is 13.0 Å². The van der Waals surface area contributed by atoms with Crippen molar-refractivity contribution in [3.63, 3.8) is 0 Å². The summed E-state index contributed by atoms with van der Waals surface area (Å²) < 4.78 is 5.58. The Hall–Kier alpha value is -3.35. The van der Waals surface area contributed by atoms with Crippen molar-refractivity contribution in [2.24, 2.45) is 17.3 Å². The van der Waals surface area contributed by atoms with Crippen LogP contribution in [0.1, 0.15) is 56.6 Å². The zero-order chi connectivity index (χ0) is 25.0. The van der Waals surface area contributed by atoms with Crippen molar-refractivity contribution in [2.75, 3.05) is 19.7 Å². The Labute approximate surface area is 206 Å². The van der Waals surface area contributed by atoms with Crippen LogP contribution >= 0.6 is 0 Å². The summed E-state index contributed by atoms with van der Waals surface area (Å²) >= 11 is 0. The van der Waals surface area contributed by atoms with Gasteiger partial charge in [-0.05, 0) is 46.4 Å². The Morgan fingerprint density at radius 2 is 1.60 bits per heavy atom. The maximum atomic E-state index is 12.5. The zero-order valence-electron chi connectivity index (χ0n) is 20.4. The summed E-state index contributed by atoms with van der Waals surface area (Å²) in [5, 5.41) is 15.0. The number of aliphatic carboxylic acids is 1. The van der Waals surface area contributed by atoms with E-state index in [1.54, 1.807) is 0 Å². The van der Waals surface area contributed by atoms with Crippen molar-refractivity contribution in [1.82, 2.24) is 10.6 Å². The number of carboxylic acid groups (broad SMARTS) is 1. The van der Waals surface area contributed by atoms with E-state index in [4.69, 9.17) is 4.74 Å². The lowest BCUT2D eigenvalue weighted by molar-refractivity contribution is -0.143. The Morgan fingerprint density at radius 3 is 2.23 bits per heavy atom. The average Bonchev–Trinajstić information content (AvgIpc) is 3.43. The molecule has 2 aromatic rings. The maximum absolute atomic E-state index is 12.5. The van der Waals surface area contributed by atoms with Gasteiger partial charge in [0, 0.05) is 25.4 Å². The van der Waals surface area contributed by atoms with Gasteiger partial charge in [0.2, 0.25) is 5.91 Å². The molecular weight excluding hydrogens is 444 g/mol. The highest BCUT2D eigenvalue weighted by Crippen LogP contribution is 2.44. The minimum atomic E-state index is -0.783. The molecule has 2 atom stereocenters. The third kappa shape index (κ3) is 5.84. The van der Waals surface area contributed by atoms with E-state index in [-0.39, 0.29) is 43.2 Å². The number of amides is 2. The average molecular weight is 479 g/mol. The molecule has 0 bridgehead atoms. The molecule has 0 heterocycles. The molecule has 4 rings (SSSR count). The number of ether oxygens (including phenoxy) is 1. The molecule has 1 saturated carbocycles. The molecule has 2 aliphatic rings. The second kappa shape index (κ2) is 10.5. The van der Waals surface area contributed by atoms with Crippen LogP contribution in [0.3, 0.4) is 0 Å². The molecule has 0 spiro atoms. The molecule has 1 fully saturated rings. The van der Waals surface area contributed by atoms with Gasteiger partial charge in [-0.1, -0.05) is 68.8 Å². The van der Waals surface area contributed by atoms with Crippen LogP contribution in [-0.2, 0) is 14.3 Å². The molecule has 2 aromatic carbocycles. The lowest BCUT2D eigenvalue weighted by Gasteiger charge is -2.25. The van der Waals surface area contributed by atoms with E-state index in [1.807, 2.05) is 38.1 Å². The Morgan fingerprint density at radius 1 is 0.971 bits per heavy atom. The first-order valence-electron chi connectivity index (χ1n) is 12.3. The van der Waals surface area contributed by atoms with Crippen LogP contribution in [0.15, 0.2) is 48.5 Å². The monoisotopic (exact) mass is 478 g/mol. The first kappa shape index (κ1) is 24.8. The highest BCUT2D eigenvalue weighted by Gasteiger charge is 2.33. The fourth-order valence-corrected chi connectivity index (χ4v) is 5.37. The molecule has 2 unspecified atom stereocenters. The van der Waals surface area contributed by atoms with Gasteiger partial charge in [0.15, 0.2) is 0 Å². The van der Waals surface area contributed by atoms with Gasteiger partial charge in [-0.25, -0.2) is 4.79 Å². The van der Waals surface area contributed by atoms with E-state index in [9.17, 15) is 19.5 Å². The number of hydrogen-bond acceptors (Lipinski definition) is 4. The number of nitrogens with one attached hydrogen (secondary N) is 2. The van der Waals surface area contributed by atoms with Gasteiger partial charge in [-0.15, -0.1) is 0 Å². The smallest absolute Gasteiger partial charge is 0.407 e. The number of hydrogen-bond donors (Lipinski definition) is 3. The van der Waals surface area contributed by atoms with E-state index in [1.165, 1.54) is 11.1 Å². The van der Waals surface area contributed by atoms with Crippen molar-refractivity contribution in [3.8, 4) is 11.1 Å². The summed E-state index contributed by atoms with van der Waals surface area (Å²) in [7, 11) is 0. The Bertz CT molecular complexity index is 1050. The largest absolute Gasteiger partial charge is 0.481 e. The van der Waals surface area contributed by atoms with Crippen molar-refractivity contribution in [3.05, 3.63) is 59.7 Å². The molecule has 3 N–H and O–H groups in total.